The maximum absolute atomic E-state index is 15.9. The lowest BCUT2D eigenvalue weighted by molar-refractivity contribution is -0.157. The number of hydrogen-bond donors (Lipinski definition) is 2. The number of aliphatic imine (C=N–C) groups is 2. The number of nitrogens with zero attached hydrogens (tertiary/aromatic N) is 4. The summed E-state index contributed by atoms with van der Waals surface area (Å²) < 4.78 is 57.6. The van der Waals surface area contributed by atoms with Crippen LogP contribution in [-0.4, -0.2) is 109 Å². The SMILES string of the molecule is CCCC(COC)OC1CC=C(CN2C(=O)C(C(=O)NC(/C=C\CC(C)(C)C)=C(/CC)C3=NC=NC(C(C)(C)F)C=C3)=C(CO)C(CC)(CCC)N2C)C(F)=CC1F. The zero-order valence-corrected chi connectivity index (χ0v) is 36.6. The topological polar surface area (TPSA) is 116 Å². The number of ether oxygens (including phenoxy) is 2. The number of methoxy groups -OCH3 is 1. The number of carbonyl (C=O) groups is 2. The second-order valence-corrected chi connectivity index (χ2v) is 17.0. The van der Waals surface area contributed by atoms with Gasteiger partial charge in [0.2, 0.25) is 0 Å². The van der Waals surface area contributed by atoms with Gasteiger partial charge in [0.1, 0.15) is 35.6 Å². The van der Waals surface area contributed by atoms with Gasteiger partial charge in [-0.25, -0.2) is 23.2 Å². The molecule has 0 spiro atoms. The molecular formula is C45H68F3N5O5. The third kappa shape index (κ3) is 12.2. The van der Waals surface area contributed by atoms with Gasteiger partial charge < -0.3 is 19.9 Å². The quantitative estimate of drug-likeness (QED) is 0.0998. The second-order valence-electron chi connectivity index (χ2n) is 17.0. The zero-order chi connectivity index (χ0) is 43.4. The van der Waals surface area contributed by atoms with Gasteiger partial charge in [-0.05, 0) is 81.6 Å². The van der Waals surface area contributed by atoms with Crippen molar-refractivity contribution in [1.82, 2.24) is 15.3 Å². The Morgan fingerprint density at radius 3 is 2.45 bits per heavy atom. The summed E-state index contributed by atoms with van der Waals surface area (Å²) >= 11 is 0. The van der Waals surface area contributed by atoms with E-state index in [0.29, 0.717) is 55.5 Å². The van der Waals surface area contributed by atoms with Crippen molar-refractivity contribution in [1.29, 1.82) is 0 Å². The Kier molecular flexibility index (Phi) is 18.1. The molecule has 2 heterocycles. The van der Waals surface area contributed by atoms with Crippen molar-refractivity contribution >= 4 is 23.9 Å². The maximum atomic E-state index is 15.9. The molecule has 0 aromatic rings. The molecule has 0 radical (unpaired) electrons. The number of alkyl halides is 2. The second kappa shape index (κ2) is 21.6. The van der Waals surface area contributed by atoms with Crippen LogP contribution in [0.4, 0.5) is 13.2 Å². The highest BCUT2D eigenvalue weighted by Gasteiger charge is 2.49. The number of hydrazine groups is 1. The summed E-state index contributed by atoms with van der Waals surface area (Å²) in [4.78, 5) is 38.3. The number of amides is 2. The number of aliphatic hydroxyl groups excluding tert-OH is 1. The van der Waals surface area contributed by atoms with E-state index in [0.717, 1.165) is 12.5 Å². The predicted octanol–water partition coefficient (Wildman–Crippen LogP) is 8.56. The van der Waals surface area contributed by atoms with Crippen molar-refractivity contribution in [2.75, 3.05) is 33.9 Å². The average molecular weight is 816 g/mol. The smallest absolute Gasteiger partial charge is 0.274 e. The molecule has 0 aromatic heterocycles. The van der Waals surface area contributed by atoms with Crippen LogP contribution < -0.4 is 5.32 Å². The van der Waals surface area contributed by atoms with Gasteiger partial charge in [0.05, 0.1) is 43.2 Å². The van der Waals surface area contributed by atoms with Crippen molar-refractivity contribution < 1.29 is 37.3 Å². The van der Waals surface area contributed by atoms with E-state index in [1.807, 2.05) is 33.8 Å². The molecule has 0 aromatic carbocycles. The van der Waals surface area contributed by atoms with Crippen molar-refractivity contribution in [3.63, 3.8) is 0 Å². The summed E-state index contributed by atoms with van der Waals surface area (Å²) in [5.41, 5.74) is -1.15. The molecule has 5 unspecified atom stereocenters. The molecule has 10 nitrogen and oxygen atoms in total. The van der Waals surface area contributed by atoms with E-state index >= 15 is 8.78 Å². The molecule has 0 bridgehead atoms. The van der Waals surface area contributed by atoms with Gasteiger partial charge in [0, 0.05) is 31.0 Å². The lowest BCUT2D eigenvalue weighted by Gasteiger charge is -2.52. The molecule has 324 valence electrons. The number of likely N-dealkylation sites (N-methyl/N-ethyl adjacent to an activating group) is 1. The highest BCUT2D eigenvalue weighted by molar-refractivity contribution is 6.21. The summed E-state index contributed by atoms with van der Waals surface area (Å²) in [6.45, 7) is 16.3. The zero-order valence-electron chi connectivity index (χ0n) is 36.6. The fourth-order valence-corrected chi connectivity index (χ4v) is 7.72. The Bertz CT molecular complexity index is 1690. The van der Waals surface area contributed by atoms with Crippen molar-refractivity contribution in [2.45, 2.75) is 149 Å². The Morgan fingerprint density at radius 1 is 1.17 bits per heavy atom. The molecule has 13 heteroatoms. The molecule has 58 heavy (non-hydrogen) atoms. The first kappa shape index (κ1) is 48.7. The Balaban J connectivity index is 2.15. The molecule has 2 N–H and O–H groups in total. The van der Waals surface area contributed by atoms with E-state index in [4.69, 9.17) is 9.47 Å². The molecule has 1 aliphatic carbocycles. The normalized spacial score (nSPS) is 24.7. The van der Waals surface area contributed by atoms with Gasteiger partial charge in [-0.3, -0.25) is 19.6 Å². The van der Waals surface area contributed by atoms with E-state index in [1.165, 1.54) is 25.2 Å². The first-order valence-electron chi connectivity index (χ1n) is 20.7. The van der Waals surface area contributed by atoms with Crippen LogP contribution >= 0.6 is 0 Å². The number of nitrogens with one attached hydrogen (secondary N) is 1. The number of carbonyl (C=O) groups excluding carboxylic acids is 2. The van der Waals surface area contributed by atoms with Gasteiger partial charge in [-0.15, -0.1) is 0 Å². The fourth-order valence-electron chi connectivity index (χ4n) is 7.72. The van der Waals surface area contributed by atoms with Gasteiger partial charge >= 0.3 is 0 Å². The molecule has 0 fully saturated rings. The van der Waals surface area contributed by atoms with Crippen LogP contribution in [0.2, 0.25) is 0 Å². The van der Waals surface area contributed by atoms with Crippen LogP contribution in [-0.2, 0) is 19.1 Å². The third-order valence-electron chi connectivity index (χ3n) is 11.0. The van der Waals surface area contributed by atoms with Crippen LogP contribution in [0.3, 0.4) is 0 Å². The summed E-state index contributed by atoms with van der Waals surface area (Å²) in [6, 6.07) is -0.770. The highest BCUT2D eigenvalue weighted by Crippen LogP contribution is 2.41. The molecule has 3 aliphatic rings. The highest BCUT2D eigenvalue weighted by atomic mass is 19.1. The van der Waals surface area contributed by atoms with E-state index < -0.39 is 53.8 Å². The van der Waals surface area contributed by atoms with Crippen LogP contribution in [0.15, 0.2) is 80.3 Å². The molecule has 3 rings (SSSR count). The number of rotatable bonds is 19. The maximum Gasteiger partial charge on any atom is 0.274 e. The molecule has 2 amide bonds. The molecular weight excluding hydrogens is 748 g/mol. The van der Waals surface area contributed by atoms with Crippen molar-refractivity contribution in [2.24, 2.45) is 15.4 Å². The molecule has 5 atom stereocenters. The number of hydrogen-bond acceptors (Lipinski definition) is 8. The van der Waals surface area contributed by atoms with E-state index in [1.54, 1.807) is 43.5 Å². The number of allylic oxidation sites excluding steroid dienone is 4. The van der Waals surface area contributed by atoms with Gasteiger partial charge in [-0.1, -0.05) is 79.5 Å². The first-order valence-corrected chi connectivity index (χ1v) is 20.7. The lowest BCUT2D eigenvalue weighted by atomic mass is 9.77. The van der Waals surface area contributed by atoms with E-state index in [-0.39, 0.29) is 47.8 Å². The Hall–Kier alpha value is -3.65. The van der Waals surface area contributed by atoms with E-state index in [9.17, 15) is 19.1 Å². The van der Waals surface area contributed by atoms with Crippen molar-refractivity contribution in [3.8, 4) is 0 Å². The monoisotopic (exact) mass is 816 g/mol. The Labute approximate surface area is 344 Å². The summed E-state index contributed by atoms with van der Waals surface area (Å²) in [7, 11) is 3.24. The van der Waals surface area contributed by atoms with Crippen LogP contribution in [0.1, 0.15) is 114 Å². The largest absolute Gasteiger partial charge is 0.392 e. The van der Waals surface area contributed by atoms with E-state index in [2.05, 4.69) is 36.1 Å². The van der Waals surface area contributed by atoms with Crippen LogP contribution in [0.5, 0.6) is 0 Å². The summed E-state index contributed by atoms with van der Waals surface area (Å²) in [5.74, 6) is -2.31. The summed E-state index contributed by atoms with van der Waals surface area (Å²) in [6.07, 6.45) is 11.8. The van der Waals surface area contributed by atoms with Gasteiger partial charge in [-0.2, -0.15) is 0 Å². The Morgan fingerprint density at radius 2 is 1.88 bits per heavy atom. The predicted molar refractivity (Wildman–Crippen MR) is 226 cm³/mol. The molecule has 0 saturated heterocycles. The minimum atomic E-state index is -1.74. The molecule has 0 saturated carbocycles. The lowest BCUT2D eigenvalue weighted by Crippen LogP contribution is -2.64. The van der Waals surface area contributed by atoms with Crippen LogP contribution in [0, 0.1) is 5.41 Å². The average Bonchev–Trinajstić information content (AvgIpc) is 3.47. The minimum absolute atomic E-state index is 0.0521. The van der Waals surface area contributed by atoms with Crippen LogP contribution in [0.25, 0.3) is 0 Å². The standard InChI is InChI=1S/C45H68F3N5O5/c1-12-17-31(28-57-11)58-38-21-19-30(34(46)25-35(38)47)26-53-42(56)40(33(27-54)45(15-4,23-13-2)52(53)10)41(55)51-37(18-16-24-43(5,6)7)32(14-3)36-20-22-39(44(8,9)48)50-29-49-36/h16,18-20,22,25,29,31,35,38-39,54H,12-15,17,21,23-24,26-28H2,1-11H3,(H,51,55)/b18-16-,37-32-. The fraction of sp³-hybridized carbons (Fsp3) is 0.644. The third-order valence-corrected chi connectivity index (χ3v) is 11.0. The minimum Gasteiger partial charge on any atom is -0.392 e. The van der Waals surface area contributed by atoms with Crippen molar-refractivity contribution in [3.05, 3.63) is 70.3 Å². The first-order chi connectivity index (χ1) is 27.3. The number of aliphatic hydroxyl groups is 1. The van der Waals surface area contributed by atoms with Gasteiger partial charge in [0.25, 0.3) is 11.8 Å². The van der Waals surface area contributed by atoms with Gasteiger partial charge in [0.15, 0.2) is 0 Å². The molecule has 2 aliphatic heterocycles. The summed E-state index contributed by atoms with van der Waals surface area (Å²) in [5, 5.41) is 17.0. The number of halogens is 3.